The minimum Gasteiger partial charge on any atom is -0.444 e. The van der Waals surface area contributed by atoms with Crippen LogP contribution in [0.2, 0.25) is 0 Å². The summed E-state index contributed by atoms with van der Waals surface area (Å²) in [5.74, 6) is 0.536. The van der Waals surface area contributed by atoms with Gasteiger partial charge in [0, 0.05) is 49.3 Å². The maximum Gasteiger partial charge on any atom is 0.410 e. The third-order valence-electron chi connectivity index (χ3n) is 5.14. The van der Waals surface area contributed by atoms with E-state index in [-0.39, 0.29) is 11.8 Å². The van der Waals surface area contributed by atoms with Gasteiger partial charge >= 0.3 is 6.09 Å². The van der Waals surface area contributed by atoms with Gasteiger partial charge in [-0.25, -0.2) is 14.8 Å². The highest BCUT2D eigenvalue weighted by Gasteiger charge is 2.27. The van der Waals surface area contributed by atoms with Crippen LogP contribution in [-0.4, -0.2) is 57.7 Å². The third-order valence-corrected chi connectivity index (χ3v) is 5.14. The van der Waals surface area contributed by atoms with Crippen molar-refractivity contribution in [3.63, 3.8) is 0 Å². The largest absolute Gasteiger partial charge is 0.444 e. The summed E-state index contributed by atoms with van der Waals surface area (Å²) < 4.78 is 5.47. The molecule has 4 rings (SSSR count). The number of nitrogens with zero attached hydrogens (tertiary/aromatic N) is 5. The molecule has 1 fully saturated rings. The average Bonchev–Trinajstić information content (AvgIpc) is 2.77. The Morgan fingerprint density at radius 3 is 2.34 bits per heavy atom. The first-order chi connectivity index (χ1) is 15.2. The molecule has 3 aromatic rings. The zero-order valence-electron chi connectivity index (χ0n) is 18.3. The van der Waals surface area contributed by atoms with Gasteiger partial charge in [-0.3, -0.25) is 10.1 Å². The van der Waals surface area contributed by atoms with Gasteiger partial charge in [0.25, 0.3) is 5.69 Å². The van der Waals surface area contributed by atoms with Crippen molar-refractivity contribution in [2.45, 2.75) is 26.4 Å². The molecule has 1 aromatic heterocycles. The van der Waals surface area contributed by atoms with Crippen LogP contribution < -0.4 is 4.90 Å². The number of amides is 1. The Hall–Kier alpha value is -3.75. The Bertz CT molecular complexity index is 1150. The van der Waals surface area contributed by atoms with E-state index in [4.69, 9.17) is 9.72 Å². The molecule has 0 radical (unpaired) electrons. The van der Waals surface area contributed by atoms with Crippen LogP contribution >= 0.6 is 0 Å². The molecule has 0 unspecified atom stereocenters. The van der Waals surface area contributed by atoms with E-state index in [0.717, 1.165) is 5.56 Å². The van der Waals surface area contributed by atoms with E-state index in [1.165, 1.54) is 12.1 Å². The first-order valence-corrected chi connectivity index (χ1v) is 10.5. The van der Waals surface area contributed by atoms with Crippen molar-refractivity contribution in [3.8, 4) is 11.3 Å². The molecule has 1 amide bonds. The van der Waals surface area contributed by atoms with Crippen molar-refractivity contribution in [1.82, 2.24) is 14.9 Å². The van der Waals surface area contributed by atoms with E-state index >= 15 is 0 Å². The SMILES string of the molecule is CC(C)(C)OC(=O)N1CCN(c2nc(-c3ccccc3)c3cc([N+](=O)[O-])ccc3n2)CC1. The Morgan fingerprint density at radius 1 is 1.03 bits per heavy atom. The minimum atomic E-state index is -0.539. The summed E-state index contributed by atoms with van der Waals surface area (Å²) in [6.07, 6.45) is -0.325. The predicted molar refractivity (Wildman–Crippen MR) is 122 cm³/mol. The molecular weight excluding hydrogens is 410 g/mol. The molecule has 0 atom stereocenters. The van der Waals surface area contributed by atoms with Gasteiger partial charge in [0.1, 0.15) is 5.60 Å². The normalized spacial score (nSPS) is 14.5. The van der Waals surface area contributed by atoms with Crippen molar-refractivity contribution < 1.29 is 14.5 Å². The zero-order chi connectivity index (χ0) is 22.9. The number of aromatic nitrogens is 2. The molecule has 1 aliphatic rings. The number of hydrogen-bond acceptors (Lipinski definition) is 7. The van der Waals surface area contributed by atoms with Gasteiger partial charge in [-0.15, -0.1) is 0 Å². The number of hydrogen-bond donors (Lipinski definition) is 0. The first-order valence-electron chi connectivity index (χ1n) is 10.5. The summed E-state index contributed by atoms with van der Waals surface area (Å²) in [6, 6.07) is 14.2. The summed E-state index contributed by atoms with van der Waals surface area (Å²) in [4.78, 5) is 36.4. The maximum absolute atomic E-state index is 12.4. The topological polar surface area (TPSA) is 102 Å². The van der Waals surface area contributed by atoms with Crippen LogP contribution in [0, 0.1) is 10.1 Å². The summed E-state index contributed by atoms with van der Waals surface area (Å²) in [7, 11) is 0. The monoisotopic (exact) mass is 435 g/mol. The Labute approximate surface area is 185 Å². The second-order valence-corrected chi connectivity index (χ2v) is 8.65. The second kappa shape index (κ2) is 8.41. The summed E-state index contributed by atoms with van der Waals surface area (Å²) >= 11 is 0. The first kappa shape index (κ1) is 21.5. The van der Waals surface area contributed by atoms with Gasteiger partial charge < -0.3 is 14.5 Å². The van der Waals surface area contributed by atoms with Crippen LogP contribution in [0.1, 0.15) is 20.8 Å². The standard InChI is InChI=1S/C23H25N5O4/c1-23(2,3)32-22(29)27-13-11-26(12-14-27)21-24-19-10-9-17(28(30)31)15-18(19)20(25-21)16-7-5-4-6-8-16/h4-10,15H,11-14H2,1-3H3. The molecule has 2 heterocycles. The number of carbonyl (C=O) groups excluding carboxylic acids is 1. The van der Waals surface area contributed by atoms with Gasteiger partial charge in [-0.05, 0) is 26.8 Å². The van der Waals surface area contributed by atoms with Gasteiger partial charge in [-0.2, -0.15) is 0 Å². The number of benzene rings is 2. The molecule has 0 spiro atoms. The van der Waals surface area contributed by atoms with Gasteiger partial charge in [0.05, 0.1) is 16.1 Å². The number of non-ortho nitro benzene ring substituents is 1. The lowest BCUT2D eigenvalue weighted by Gasteiger charge is -2.35. The molecule has 0 bridgehead atoms. The van der Waals surface area contributed by atoms with Crippen molar-refractivity contribution in [2.75, 3.05) is 31.1 Å². The van der Waals surface area contributed by atoms with E-state index in [2.05, 4.69) is 4.98 Å². The lowest BCUT2D eigenvalue weighted by Crippen LogP contribution is -2.50. The number of ether oxygens (including phenoxy) is 1. The van der Waals surface area contributed by atoms with Crippen molar-refractivity contribution >= 4 is 28.6 Å². The van der Waals surface area contributed by atoms with Gasteiger partial charge in [0.15, 0.2) is 0 Å². The molecule has 0 aliphatic carbocycles. The van der Waals surface area contributed by atoms with Crippen LogP contribution in [0.25, 0.3) is 22.2 Å². The van der Waals surface area contributed by atoms with Crippen LogP contribution in [0.4, 0.5) is 16.4 Å². The van der Waals surface area contributed by atoms with E-state index in [1.807, 2.05) is 56.0 Å². The average molecular weight is 435 g/mol. The smallest absolute Gasteiger partial charge is 0.410 e. The van der Waals surface area contributed by atoms with Crippen molar-refractivity contribution in [1.29, 1.82) is 0 Å². The third kappa shape index (κ3) is 4.61. The zero-order valence-corrected chi connectivity index (χ0v) is 18.3. The quantitative estimate of drug-likeness (QED) is 0.447. The minimum absolute atomic E-state index is 0.00277. The van der Waals surface area contributed by atoms with Crippen molar-refractivity contribution in [3.05, 3.63) is 58.6 Å². The number of anilines is 1. The van der Waals surface area contributed by atoms with Gasteiger partial charge in [-0.1, -0.05) is 30.3 Å². The fourth-order valence-electron chi connectivity index (χ4n) is 3.59. The summed E-state index contributed by atoms with van der Waals surface area (Å²) in [5.41, 5.74) is 1.59. The second-order valence-electron chi connectivity index (χ2n) is 8.65. The molecule has 9 heteroatoms. The lowest BCUT2D eigenvalue weighted by atomic mass is 10.1. The number of fused-ring (bicyclic) bond motifs is 1. The van der Waals surface area contributed by atoms with Crippen LogP contribution in [0.3, 0.4) is 0 Å². The van der Waals surface area contributed by atoms with Crippen molar-refractivity contribution in [2.24, 2.45) is 0 Å². The van der Waals surface area contributed by atoms with Gasteiger partial charge in [0.2, 0.25) is 5.95 Å². The Balaban J connectivity index is 1.65. The highest BCUT2D eigenvalue weighted by Crippen LogP contribution is 2.31. The molecule has 0 saturated carbocycles. The van der Waals surface area contributed by atoms with Crippen LogP contribution in [0.5, 0.6) is 0 Å². The highest BCUT2D eigenvalue weighted by molar-refractivity contribution is 5.94. The fraction of sp³-hybridized carbons (Fsp3) is 0.348. The molecule has 9 nitrogen and oxygen atoms in total. The molecule has 166 valence electrons. The lowest BCUT2D eigenvalue weighted by molar-refractivity contribution is -0.384. The molecule has 2 aromatic carbocycles. The molecule has 1 aliphatic heterocycles. The van der Waals surface area contributed by atoms with E-state index in [9.17, 15) is 14.9 Å². The maximum atomic E-state index is 12.4. The predicted octanol–water partition coefficient (Wildman–Crippen LogP) is 4.26. The number of carbonyl (C=O) groups is 1. The summed E-state index contributed by atoms with van der Waals surface area (Å²) in [5, 5.41) is 11.9. The molecule has 1 saturated heterocycles. The van der Waals surface area contributed by atoms with Crippen LogP contribution in [0.15, 0.2) is 48.5 Å². The summed E-state index contributed by atoms with van der Waals surface area (Å²) in [6.45, 7) is 7.66. The highest BCUT2D eigenvalue weighted by atomic mass is 16.6. The van der Waals surface area contributed by atoms with Crippen LogP contribution in [-0.2, 0) is 4.74 Å². The number of nitro groups is 1. The number of nitro benzene ring substituents is 1. The van der Waals surface area contributed by atoms with E-state index < -0.39 is 10.5 Å². The molecule has 32 heavy (non-hydrogen) atoms. The van der Waals surface area contributed by atoms with E-state index in [0.29, 0.717) is 48.7 Å². The number of rotatable bonds is 3. The molecule has 0 N–H and O–H groups in total. The Kier molecular flexibility index (Phi) is 5.65. The Morgan fingerprint density at radius 2 is 1.72 bits per heavy atom. The van der Waals surface area contributed by atoms with E-state index in [1.54, 1.807) is 11.0 Å². The molecular formula is C23H25N5O4. The fourth-order valence-corrected chi connectivity index (χ4v) is 3.59. The number of piperazine rings is 1.